The second-order valence-corrected chi connectivity index (χ2v) is 4.28. The first kappa shape index (κ1) is 8.30. The molecule has 1 aromatic rings. The molecule has 0 bridgehead atoms. The van der Waals surface area contributed by atoms with Crippen LogP contribution in [0, 0.1) is 0 Å². The molecule has 0 amide bonds. The first-order valence-corrected chi connectivity index (χ1v) is 5.36. The molecule has 0 fully saturated rings. The van der Waals surface area contributed by atoms with Crippen molar-refractivity contribution in [2.75, 3.05) is 13.2 Å². The van der Waals surface area contributed by atoms with Crippen molar-refractivity contribution in [3.63, 3.8) is 0 Å². The molecule has 3 rings (SSSR count). The van der Waals surface area contributed by atoms with Crippen molar-refractivity contribution in [1.82, 2.24) is 0 Å². The summed E-state index contributed by atoms with van der Waals surface area (Å²) >= 11 is 0. The van der Waals surface area contributed by atoms with Gasteiger partial charge in [-0.3, -0.25) is 0 Å². The topological polar surface area (TPSA) is 35.2 Å². The van der Waals surface area contributed by atoms with Gasteiger partial charge in [0.25, 0.3) is 0 Å². The molecule has 2 nitrogen and oxygen atoms in total. The molecular weight excluding hydrogens is 174 g/mol. The fourth-order valence-electron chi connectivity index (χ4n) is 2.88. The lowest BCUT2D eigenvalue weighted by molar-refractivity contribution is 0.320. The van der Waals surface area contributed by atoms with Gasteiger partial charge in [-0.25, -0.2) is 0 Å². The number of hydrogen-bond acceptors (Lipinski definition) is 2. The van der Waals surface area contributed by atoms with E-state index in [9.17, 15) is 0 Å². The summed E-state index contributed by atoms with van der Waals surface area (Å²) in [5.74, 6) is 2.45. The van der Waals surface area contributed by atoms with Crippen LogP contribution in [0.15, 0.2) is 18.2 Å². The molecule has 0 saturated carbocycles. The van der Waals surface area contributed by atoms with Crippen molar-refractivity contribution < 1.29 is 4.74 Å². The fraction of sp³-hybridized carbons (Fsp3) is 0.500. The van der Waals surface area contributed by atoms with E-state index in [0.717, 1.165) is 25.3 Å². The Morgan fingerprint density at radius 2 is 2.36 bits per heavy atom. The highest BCUT2D eigenvalue weighted by Crippen LogP contribution is 2.50. The molecule has 0 spiro atoms. The summed E-state index contributed by atoms with van der Waals surface area (Å²) in [6, 6.07) is 6.43. The summed E-state index contributed by atoms with van der Waals surface area (Å²) < 4.78 is 5.64. The minimum Gasteiger partial charge on any atom is -0.493 e. The third kappa shape index (κ3) is 1.01. The molecule has 1 aromatic carbocycles. The van der Waals surface area contributed by atoms with E-state index in [0.29, 0.717) is 11.8 Å². The molecular formula is C12H15NO. The van der Waals surface area contributed by atoms with Crippen molar-refractivity contribution in [3.8, 4) is 5.75 Å². The zero-order chi connectivity index (χ0) is 9.54. The Hall–Kier alpha value is -1.02. The predicted octanol–water partition coefficient (Wildman–Crippen LogP) is 2.00. The normalized spacial score (nSPS) is 27.5. The molecule has 1 aliphatic carbocycles. The van der Waals surface area contributed by atoms with Gasteiger partial charge in [0.15, 0.2) is 0 Å². The van der Waals surface area contributed by atoms with Gasteiger partial charge in [-0.2, -0.15) is 0 Å². The highest BCUT2D eigenvalue weighted by atomic mass is 16.5. The van der Waals surface area contributed by atoms with E-state index in [-0.39, 0.29) is 0 Å². The smallest absolute Gasteiger partial charge is 0.123 e. The van der Waals surface area contributed by atoms with E-state index in [1.807, 2.05) is 0 Å². The lowest BCUT2D eigenvalue weighted by Crippen LogP contribution is -2.06. The number of ether oxygens (including phenoxy) is 1. The largest absolute Gasteiger partial charge is 0.493 e. The van der Waals surface area contributed by atoms with E-state index in [1.54, 1.807) is 0 Å². The average molecular weight is 189 g/mol. The van der Waals surface area contributed by atoms with Crippen molar-refractivity contribution in [3.05, 3.63) is 29.3 Å². The molecule has 74 valence electrons. The number of nitrogens with two attached hydrogens (primary N) is 1. The number of benzene rings is 1. The first-order valence-electron chi connectivity index (χ1n) is 5.36. The summed E-state index contributed by atoms with van der Waals surface area (Å²) in [5, 5.41) is 0. The zero-order valence-electron chi connectivity index (χ0n) is 8.20. The van der Waals surface area contributed by atoms with Crippen molar-refractivity contribution >= 4 is 0 Å². The predicted molar refractivity (Wildman–Crippen MR) is 55.7 cm³/mol. The lowest BCUT2D eigenvalue weighted by atomic mass is 9.97. The molecule has 2 aliphatic rings. The molecule has 1 heterocycles. The average Bonchev–Trinajstić information content (AvgIpc) is 2.75. The Kier molecular flexibility index (Phi) is 1.77. The second-order valence-electron chi connectivity index (χ2n) is 4.28. The number of hydrogen-bond donors (Lipinski definition) is 1. The Bertz CT molecular complexity index is 361. The van der Waals surface area contributed by atoms with Crippen LogP contribution in [0.5, 0.6) is 5.75 Å². The van der Waals surface area contributed by atoms with E-state index in [4.69, 9.17) is 10.5 Å². The lowest BCUT2D eigenvalue weighted by Gasteiger charge is -2.11. The Balaban J connectivity index is 2.05. The van der Waals surface area contributed by atoms with Gasteiger partial charge < -0.3 is 10.5 Å². The maximum Gasteiger partial charge on any atom is 0.123 e. The quantitative estimate of drug-likeness (QED) is 0.772. The van der Waals surface area contributed by atoms with E-state index < -0.39 is 0 Å². The van der Waals surface area contributed by atoms with Crippen molar-refractivity contribution in [1.29, 1.82) is 0 Å². The summed E-state index contributed by atoms with van der Waals surface area (Å²) in [6.07, 6.45) is 2.36. The molecule has 2 heteroatoms. The van der Waals surface area contributed by atoms with Crippen molar-refractivity contribution in [2.24, 2.45) is 5.73 Å². The molecule has 14 heavy (non-hydrogen) atoms. The van der Waals surface area contributed by atoms with Crippen LogP contribution in [0.4, 0.5) is 0 Å². The zero-order valence-corrected chi connectivity index (χ0v) is 8.20. The van der Waals surface area contributed by atoms with E-state index in [2.05, 4.69) is 18.2 Å². The van der Waals surface area contributed by atoms with Crippen LogP contribution < -0.4 is 10.5 Å². The van der Waals surface area contributed by atoms with Crippen LogP contribution in [0.1, 0.15) is 35.8 Å². The standard InChI is InChI=1S/C12H15NO/c13-5-4-8-6-9-7-14-11-3-1-2-10(8)12(9)11/h1-3,8-9H,4-7,13H2. The second kappa shape index (κ2) is 2.99. The Morgan fingerprint density at radius 3 is 3.21 bits per heavy atom. The van der Waals surface area contributed by atoms with Crippen molar-refractivity contribution in [2.45, 2.75) is 24.7 Å². The number of rotatable bonds is 2. The van der Waals surface area contributed by atoms with Gasteiger partial charge in [-0.05, 0) is 36.9 Å². The highest BCUT2D eigenvalue weighted by molar-refractivity contribution is 5.50. The maximum atomic E-state index is 5.64. The van der Waals surface area contributed by atoms with E-state index in [1.165, 1.54) is 17.5 Å². The molecule has 0 aromatic heterocycles. The summed E-state index contributed by atoms with van der Waals surface area (Å²) in [4.78, 5) is 0. The van der Waals surface area contributed by atoms with Gasteiger partial charge in [0.05, 0.1) is 6.61 Å². The van der Waals surface area contributed by atoms with Crippen LogP contribution in [-0.4, -0.2) is 13.2 Å². The fourth-order valence-corrected chi connectivity index (χ4v) is 2.88. The SMILES string of the molecule is NCCC1CC2COc3cccc1c32. The summed E-state index contributed by atoms with van der Waals surface area (Å²) in [5.41, 5.74) is 8.61. The van der Waals surface area contributed by atoms with E-state index >= 15 is 0 Å². The van der Waals surface area contributed by atoms with Crippen LogP contribution in [0.3, 0.4) is 0 Å². The summed E-state index contributed by atoms with van der Waals surface area (Å²) in [6.45, 7) is 1.68. The molecule has 2 N–H and O–H groups in total. The van der Waals surface area contributed by atoms with Crippen LogP contribution in [-0.2, 0) is 0 Å². The van der Waals surface area contributed by atoms with Gasteiger partial charge >= 0.3 is 0 Å². The first-order chi connectivity index (χ1) is 6.90. The van der Waals surface area contributed by atoms with Gasteiger partial charge in [-0.1, -0.05) is 12.1 Å². The minimum absolute atomic E-state index is 0.651. The highest BCUT2D eigenvalue weighted by Gasteiger charge is 2.36. The molecule has 0 saturated heterocycles. The Morgan fingerprint density at radius 1 is 1.43 bits per heavy atom. The molecule has 1 aliphatic heterocycles. The van der Waals surface area contributed by atoms with Gasteiger partial charge in [0.2, 0.25) is 0 Å². The molecule has 0 radical (unpaired) electrons. The monoisotopic (exact) mass is 189 g/mol. The van der Waals surface area contributed by atoms with Gasteiger partial charge in [-0.15, -0.1) is 0 Å². The van der Waals surface area contributed by atoms with Gasteiger partial charge in [0, 0.05) is 11.5 Å². The van der Waals surface area contributed by atoms with Crippen LogP contribution >= 0.6 is 0 Å². The van der Waals surface area contributed by atoms with Crippen LogP contribution in [0.25, 0.3) is 0 Å². The third-order valence-electron chi connectivity index (χ3n) is 3.47. The summed E-state index contributed by atoms with van der Waals surface area (Å²) in [7, 11) is 0. The minimum atomic E-state index is 0.651. The third-order valence-corrected chi connectivity index (χ3v) is 3.47. The Labute approximate surface area is 84.1 Å². The molecule has 2 atom stereocenters. The van der Waals surface area contributed by atoms with Crippen LogP contribution in [0.2, 0.25) is 0 Å². The molecule has 2 unspecified atom stereocenters. The maximum absolute atomic E-state index is 5.64. The van der Waals surface area contributed by atoms with Gasteiger partial charge in [0.1, 0.15) is 5.75 Å².